The van der Waals surface area contributed by atoms with Crippen LogP contribution in [0.3, 0.4) is 0 Å². The lowest BCUT2D eigenvalue weighted by Gasteiger charge is -2.60. The summed E-state index contributed by atoms with van der Waals surface area (Å²) in [6.45, 7) is 14.2. The van der Waals surface area contributed by atoms with Crippen LogP contribution in [-0.2, 0) is 66.7 Å². The molecule has 5 aliphatic heterocycles. The van der Waals surface area contributed by atoms with E-state index < -0.39 is 205 Å². The summed E-state index contributed by atoms with van der Waals surface area (Å²) in [5.74, 6) is -4.19. The highest BCUT2D eigenvalue weighted by Crippen LogP contribution is 2.67. The van der Waals surface area contributed by atoms with E-state index in [0.717, 1.165) is 5.57 Å². The lowest BCUT2D eigenvalue weighted by atomic mass is 9.47. The second-order valence-electron chi connectivity index (χ2n) is 27.3. The summed E-state index contributed by atoms with van der Waals surface area (Å²) in [7, 11) is -4.92. The number of carbonyl (C=O) groups is 1. The van der Waals surface area contributed by atoms with Crippen molar-refractivity contribution in [3.05, 3.63) is 11.6 Å². The van der Waals surface area contributed by atoms with E-state index in [4.69, 9.17) is 51.6 Å². The molecule has 4 aliphatic carbocycles. The average molecular weight is 1280 g/mol. The van der Waals surface area contributed by atoms with Crippen molar-refractivity contribution in [3.63, 3.8) is 0 Å². The third-order valence-corrected chi connectivity index (χ3v) is 21.3. The minimum atomic E-state index is -4.92. The summed E-state index contributed by atoms with van der Waals surface area (Å²) in [5, 5.41) is 158. The Bertz CT molecular complexity index is 2510. The molecule has 5 heterocycles. The summed E-state index contributed by atoms with van der Waals surface area (Å²) in [6.07, 6.45) is -40.1. The maximum Gasteiger partial charge on any atom is 0.397 e. The van der Waals surface area contributed by atoms with Crippen LogP contribution in [0.25, 0.3) is 0 Å². The number of aliphatic hydroxyl groups is 14. The van der Waals surface area contributed by atoms with Crippen LogP contribution in [0.1, 0.15) is 120 Å². The van der Waals surface area contributed by atoms with Gasteiger partial charge in [-0.15, -0.1) is 0 Å². The number of rotatable bonds is 18. The Balaban J connectivity index is 1.01. The zero-order chi connectivity index (χ0) is 64.1. The van der Waals surface area contributed by atoms with Gasteiger partial charge in [-0.25, -0.2) is 4.18 Å². The predicted octanol–water partition coefficient (Wildman–Crippen LogP) is -2.97. The van der Waals surface area contributed by atoms with E-state index in [1.165, 1.54) is 27.7 Å². The molecule has 3 unspecified atom stereocenters. The van der Waals surface area contributed by atoms with Crippen molar-refractivity contribution in [1.29, 1.82) is 0 Å². The molecule has 9 rings (SSSR count). The molecule has 0 aromatic heterocycles. The Hall–Kier alpha value is -1.68. The Labute approximate surface area is 505 Å². The van der Waals surface area contributed by atoms with Crippen molar-refractivity contribution in [2.45, 2.75) is 291 Å². The number of ketones is 1. The van der Waals surface area contributed by atoms with Gasteiger partial charge in [0.15, 0.2) is 31.5 Å². The quantitative estimate of drug-likeness (QED) is 0.0370. The fourth-order valence-corrected chi connectivity index (χ4v) is 16.6. The van der Waals surface area contributed by atoms with Crippen LogP contribution in [0.4, 0.5) is 0 Å². The first-order valence-electron chi connectivity index (χ1n) is 30.4. The van der Waals surface area contributed by atoms with Crippen molar-refractivity contribution in [1.82, 2.24) is 0 Å². The van der Waals surface area contributed by atoms with Gasteiger partial charge in [-0.1, -0.05) is 39.3 Å². The molecule has 15 N–H and O–H groups in total. The van der Waals surface area contributed by atoms with E-state index in [2.05, 4.69) is 13.0 Å². The van der Waals surface area contributed by atoms with Crippen LogP contribution in [0.15, 0.2) is 11.6 Å². The molecule has 0 radical (unpaired) electrons. The molecule has 0 spiro atoms. The van der Waals surface area contributed by atoms with Gasteiger partial charge in [0.1, 0.15) is 103 Å². The van der Waals surface area contributed by atoms with Crippen molar-refractivity contribution in [3.8, 4) is 0 Å². The van der Waals surface area contributed by atoms with Crippen LogP contribution in [0, 0.1) is 40.4 Å². The number of ether oxygens (including phenoxy) is 10. The van der Waals surface area contributed by atoms with Crippen molar-refractivity contribution >= 4 is 16.2 Å². The average Bonchev–Trinajstić information content (AvgIpc) is 1.46. The van der Waals surface area contributed by atoms with Gasteiger partial charge < -0.3 is 119 Å². The number of hydrogen-bond acceptors (Lipinski definition) is 28. The molecule has 33 atom stereocenters. The number of carbonyl (C=O) groups excluding carboxylic acids is 1. The molecular weight excluding hydrogens is 1180 g/mol. The van der Waals surface area contributed by atoms with Gasteiger partial charge >= 0.3 is 10.4 Å². The van der Waals surface area contributed by atoms with Gasteiger partial charge in [0, 0.05) is 12.8 Å². The van der Waals surface area contributed by atoms with Gasteiger partial charge in [-0.3, -0.25) is 9.35 Å². The SMILES string of the molecule is CC(C)CC(=O)C[C@](C)(O)[C@H]1CCC2C3C[C@H](O[C@@H]4O[C@H](C)C(O)(O)[C@H](O[C@@H]5O[C@H](C)[C@@H](O[C@@H]6O[C@H](CO)[C@H](O)[C@H](O)[C@H]6O[C@@H]6O[C@H](C)[C@H](O)[C@H](O)[C@H]6O)[C@H](O)[C@H]5O[C@@H]5O[C@H](C)[C@@H](O)[C@H](O)[C@H]5O)[C@H]4O)C4C[C@@H](OS(=O)(=O)O)CC[C@]4(C)C3=CC[C@@]21C. The van der Waals surface area contributed by atoms with Gasteiger partial charge in [-0.2, -0.15) is 8.42 Å². The Morgan fingerprint density at radius 3 is 1.78 bits per heavy atom. The second-order valence-corrected chi connectivity index (χ2v) is 28.3. The molecule has 30 heteroatoms. The summed E-state index contributed by atoms with van der Waals surface area (Å²) < 4.78 is 100. The monoisotopic (exact) mass is 1270 g/mol. The van der Waals surface area contributed by atoms with Crippen molar-refractivity contribution in [2.75, 3.05) is 6.61 Å². The Morgan fingerprint density at radius 1 is 0.655 bits per heavy atom. The first-order chi connectivity index (χ1) is 40.4. The van der Waals surface area contributed by atoms with E-state index in [0.29, 0.717) is 32.1 Å². The molecule has 5 saturated heterocycles. The standard InChI is InChI=1S/C57H94O29S/c1-21(2)16-26(59)19-56(9,70)34-11-10-29-28-18-32(31-17-27(86-87(73,74)75)12-14-54(31,7)30(28)13-15-55(29,34)8)80-51-44(69)48(57(71,72)25(6)79-51)85-52-47(84-50-42(67)39(64)36(61)23(4)77-50)43(68)45(24(5)78-52)82-53-46(40(65)37(62)33(20-58)81-53)83-49-41(66)38(63)35(60)22(3)76-49/h13,21-25,27-29,31-53,58,60-72H,10-12,14-20H2,1-9H3,(H,73,74,75)/t22-,23-,24-,25-,27+,28?,29?,31?,32+,33-,34+,35+,36-,37+,38+,39+,40+,41-,42-,43+,44-,45-,46-,47-,48-,49+,50+,51+,52+,53+,54-,55+,56+/m1/s1. The van der Waals surface area contributed by atoms with Crippen LogP contribution in [0.2, 0.25) is 0 Å². The fourth-order valence-electron chi connectivity index (χ4n) is 16.1. The molecule has 0 bridgehead atoms. The van der Waals surface area contributed by atoms with Crippen LogP contribution in [-0.4, -0.2) is 268 Å². The number of Topliss-reactive ketones (excluding diaryl/α,β-unsaturated/α-hetero) is 1. The zero-order valence-corrected chi connectivity index (χ0v) is 51.2. The lowest BCUT2D eigenvalue weighted by molar-refractivity contribution is -0.432. The molecule has 9 aliphatic rings. The molecular formula is C57H94O29S. The maximum absolute atomic E-state index is 13.2. The molecule has 3 saturated carbocycles. The highest BCUT2D eigenvalue weighted by Gasteiger charge is 2.65. The predicted molar refractivity (Wildman–Crippen MR) is 291 cm³/mol. The first-order valence-corrected chi connectivity index (χ1v) is 31.8. The van der Waals surface area contributed by atoms with E-state index in [1.54, 1.807) is 6.92 Å². The fraction of sp³-hybridized carbons (Fsp3) is 0.947. The molecule has 0 amide bonds. The molecule has 8 fully saturated rings. The van der Waals surface area contributed by atoms with E-state index >= 15 is 0 Å². The third-order valence-electron chi connectivity index (χ3n) is 20.8. The topological polar surface area (TPSA) is 456 Å². The van der Waals surface area contributed by atoms with Gasteiger partial charge in [0.25, 0.3) is 0 Å². The molecule has 0 aromatic carbocycles. The van der Waals surface area contributed by atoms with Crippen molar-refractivity contribution in [2.24, 2.45) is 40.4 Å². The Morgan fingerprint density at radius 2 is 1.21 bits per heavy atom. The van der Waals surface area contributed by atoms with Crippen LogP contribution in [0.5, 0.6) is 0 Å². The van der Waals surface area contributed by atoms with E-state index in [1.807, 2.05) is 20.8 Å². The first kappa shape index (κ1) is 69.7. The summed E-state index contributed by atoms with van der Waals surface area (Å²) in [6, 6.07) is 0. The molecule has 87 heavy (non-hydrogen) atoms. The highest BCUT2D eigenvalue weighted by molar-refractivity contribution is 7.80. The maximum atomic E-state index is 13.2. The molecule has 502 valence electrons. The van der Waals surface area contributed by atoms with Gasteiger partial charge in [-0.05, 0) is 120 Å². The lowest BCUT2D eigenvalue weighted by Crippen LogP contribution is -2.70. The smallest absolute Gasteiger partial charge is 0.394 e. The zero-order valence-electron chi connectivity index (χ0n) is 50.4. The van der Waals surface area contributed by atoms with Crippen LogP contribution < -0.4 is 0 Å². The highest BCUT2D eigenvalue weighted by atomic mass is 32.3. The van der Waals surface area contributed by atoms with Gasteiger partial charge in [0.2, 0.25) is 5.79 Å². The largest absolute Gasteiger partial charge is 0.397 e. The van der Waals surface area contributed by atoms with Crippen molar-refractivity contribution < 1.29 is 141 Å². The van der Waals surface area contributed by atoms with Crippen LogP contribution >= 0.6 is 0 Å². The summed E-state index contributed by atoms with van der Waals surface area (Å²) in [5.41, 5.74) is -1.43. The summed E-state index contributed by atoms with van der Waals surface area (Å²) >= 11 is 0. The normalized spacial score (nSPS) is 51.0. The second kappa shape index (κ2) is 26.3. The number of fused-ring (bicyclic) bond motifs is 5. The third kappa shape index (κ3) is 13.6. The Kier molecular flexibility index (Phi) is 21.0. The van der Waals surface area contributed by atoms with E-state index in [-0.39, 0.29) is 55.1 Å². The molecule has 0 aromatic rings. The number of hydrogen-bond donors (Lipinski definition) is 15. The molecule has 29 nitrogen and oxygen atoms in total. The minimum absolute atomic E-state index is 0.0136. The van der Waals surface area contributed by atoms with E-state index in [9.17, 15) is 89.3 Å². The minimum Gasteiger partial charge on any atom is -0.394 e. The summed E-state index contributed by atoms with van der Waals surface area (Å²) in [4.78, 5) is 13.2. The number of allylic oxidation sites excluding steroid dienone is 2. The number of aliphatic hydroxyl groups excluding tert-OH is 11. The van der Waals surface area contributed by atoms with Gasteiger partial charge in [0.05, 0.1) is 42.7 Å².